The number of amides is 1. The Labute approximate surface area is 141 Å². The summed E-state index contributed by atoms with van der Waals surface area (Å²) in [6, 6.07) is -0.359. The van der Waals surface area contributed by atoms with E-state index in [2.05, 4.69) is 25.5 Å². The van der Waals surface area contributed by atoms with Crippen LogP contribution in [0.3, 0.4) is 0 Å². The molecule has 0 fully saturated rings. The van der Waals surface area contributed by atoms with Gasteiger partial charge in [-0.15, -0.1) is 0 Å². The summed E-state index contributed by atoms with van der Waals surface area (Å²) in [6.07, 6.45) is 8.39. The third-order valence-electron chi connectivity index (χ3n) is 5.15. The summed E-state index contributed by atoms with van der Waals surface area (Å²) < 4.78 is 0. The number of aromatic nitrogens is 4. The van der Waals surface area contributed by atoms with E-state index < -0.39 is 0 Å². The van der Waals surface area contributed by atoms with Gasteiger partial charge in [-0.2, -0.15) is 5.10 Å². The summed E-state index contributed by atoms with van der Waals surface area (Å²) in [5, 5.41) is 11.0. The van der Waals surface area contributed by atoms with Gasteiger partial charge in [-0.3, -0.25) is 9.89 Å². The van der Waals surface area contributed by atoms with E-state index in [1.807, 2.05) is 7.05 Å². The molecule has 2 aromatic rings. The molecule has 3 N–H and O–H groups in total. The zero-order chi connectivity index (χ0) is 16.5. The van der Waals surface area contributed by atoms with Crippen LogP contribution >= 0.6 is 0 Å². The molecule has 3 heterocycles. The molecule has 1 amide bonds. The molecule has 0 bridgehead atoms. The Morgan fingerprint density at radius 2 is 2.12 bits per heavy atom. The lowest BCUT2D eigenvalue weighted by Crippen LogP contribution is -2.42. The van der Waals surface area contributed by atoms with Crippen LogP contribution in [0.1, 0.15) is 53.6 Å². The second-order valence-electron chi connectivity index (χ2n) is 6.79. The first-order chi connectivity index (χ1) is 11.7. The van der Waals surface area contributed by atoms with Crippen LogP contribution in [0.2, 0.25) is 0 Å². The topological polar surface area (TPSA) is 89.7 Å². The van der Waals surface area contributed by atoms with Crippen LogP contribution in [0.25, 0.3) is 0 Å². The van der Waals surface area contributed by atoms with Crippen molar-refractivity contribution in [2.75, 3.05) is 13.6 Å². The van der Waals surface area contributed by atoms with Crippen molar-refractivity contribution in [1.82, 2.24) is 30.4 Å². The first kappa shape index (κ1) is 15.4. The third-order valence-corrected chi connectivity index (χ3v) is 5.15. The van der Waals surface area contributed by atoms with E-state index in [0.717, 1.165) is 42.9 Å². The van der Waals surface area contributed by atoms with Crippen LogP contribution in [-0.2, 0) is 30.6 Å². The molecule has 1 atom stereocenters. The predicted octanol–water partition coefficient (Wildman–Crippen LogP) is 1.25. The molecule has 1 aliphatic heterocycles. The number of carbonyl (C=O) groups is 1. The van der Waals surface area contributed by atoms with E-state index in [4.69, 9.17) is 0 Å². The van der Waals surface area contributed by atoms with E-state index >= 15 is 0 Å². The molecule has 4 rings (SSSR count). The molecule has 0 aromatic carbocycles. The van der Waals surface area contributed by atoms with Crippen LogP contribution in [-0.4, -0.2) is 44.6 Å². The lowest BCUT2D eigenvalue weighted by molar-refractivity contribution is -0.133. The number of aromatic amines is 2. The highest BCUT2D eigenvalue weighted by Crippen LogP contribution is 2.24. The van der Waals surface area contributed by atoms with Gasteiger partial charge in [0.1, 0.15) is 6.04 Å². The molecule has 0 spiro atoms. The number of hydrogen-bond acceptors (Lipinski definition) is 4. The van der Waals surface area contributed by atoms with Crippen molar-refractivity contribution in [3.05, 3.63) is 34.7 Å². The second kappa shape index (κ2) is 6.39. The zero-order valence-electron chi connectivity index (χ0n) is 14.1. The third kappa shape index (κ3) is 2.73. The monoisotopic (exact) mass is 328 g/mol. The van der Waals surface area contributed by atoms with Crippen LogP contribution in [0.5, 0.6) is 0 Å². The minimum Gasteiger partial charge on any atom is -0.348 e. The number of hydrogen-bond donors (Lipinski definition) is 3. The van der Waals surface area contributed by atoms with Crippen molar-refractivity contribution in [2.24, 2.45) is 0 Å². The van der Waals surface area contributed by atoms with Gasteiger partial charge in [-0.25, -0.2) is 4.98 Å². The average Bonchev–Trinajstić information content (AvgIpc) is 3.15. The van der Waals surface area contributed by atoms with Crippen molar-refractivity contribution in [3.63, 3.8) is 0 Å². The highest BCUT2D eigenvalue weighted by Gasteiger charge is 2.31. The fourth-order valence-electron chi connectivity index (χ4n) is 3.80. The first-order valence-electron chi connectivity index (χ1n) is 8.79. The van der Waals surface area contributed by atoms with Gasteiger partial charge >= 0.3 is 0 Å². The Morgan fingerprint density at radius 1 is 1.25 bits per heavy atom. The van der Waals surface area contributed by atoms with Crippen molar-refractivity contribution >= 4 is 5.91 Å². The number of H-pyrrole nitrogens is 2. The van der Waals surface area contributed by atoms with Crippen LogP contribution < -0.4 is 5.32 Å². The summed E-state index contributed by atoms with van der Waals surface area (Å²) in [7, 11) is 1.85. The van der Waals surface area contributed by atoms with E-state index in [9.17, 15) is 4.79 Å². The van der Waals surface area contributed by atoms with Crippen molar-refractivity contribution in [3.8, 4) is 0 Å². The summed E-state index contributed by atoms with van der Waals surface area (Å²) in [5.41, 5.74) is 5.49. The van der Waals surface area contributed by atoms with Gasteiger partial charge in [0.2, 0.25) is 5.91 Å². The lowest BCUT2D eigenvalue weighted by atomic mass is 10.0. The number of aryl methyl sites for hydroxylation is 1. The van der Waals surface area contributed by atoms with E-state index in [1.165, 1.54) is 30.5 Å². The van der Waals surface area contributed by atoms with Gasteiger partial charge in [0.05, 0.1) is 24.3 Å². The fourth-order valence-corrected chi connectivity index (χ4v) is 3.80. The minimum atomic E-state index is -0.359. The Bertz CT molecular complexity index is 733. The molecule has 0 saturated heterocycles. The molecule has 7 heteroatoms. The predicted molar refractivity (Wildman–Crippen MR) is 89.4 cm³/mol. The lowest BCUT2D eigenvalue weighted by Gasteiger charge is -2.26. The van der Waals surface area contributed by atoms with Gasteiger partial charge in [0.25, 0.3) is 0 Å². The Kier molecular flexibility index (Phi) is 4.10. The highest BCUT2D eigenvalue weighted by atomic mass is 16.2. The maximum absolute atomic E-state index is 12.9. The maximum Gasteiger partial charge on any atom is 0.246 e. The number of nitrogens with zero attached hydrogens (tertiary/aromatic N) is 3. The Balaban J connectivity index is 1.50. The smallest absolute Gasteiger partial charge is 0.246 e. The number of nitrogens with one attached hydrogen (secondary N) is 3. The molecule has 2 aromatic heterocycles. The van der Waals surface area contributed by atoms with E-state index in [0.29, 0.717) is 6.54 Å². The summed E-state index contributed by atoms with van der Waals surface area (Å²) >= 11 is 0. The number of rotatable bonds is 3. The van der Waals surface area contributed by atoms with Crippen molar-refractivity contribution < 1.29 is 4.79 Å². The van der Waals surface area contributed by atoms with E-state index in [-0.39, 0.29) is 11.9 Å². The van der Waals surface area contributed by atoms with Gasteiger partial charge in [-0.05, 0) is 31.2 Å². The van der Waals surface area contributed by atoms with Gasteiger partial charge in [0.15, 0.2) is 0 Å². The fraction of sp³-hybridized carbons (Fsp3) is 0.588. The molecule has 0 radical (unpaired) electrons. The Morgan fingerprint density at radius 3 is 3.04 bits per heavy atom. The van der Waals surface area contributed by atoms with Crippen molar-refractivity contribution in [1.29, 1.82) is 0 Å². The number of carbonyl (C=O) groups excluding carboxylic acids is 1. The molecule has 24 heavy (non-hydrogen) atoms. The van der Waals surface area contributed by atoms with Crippen LogP contribution in [0.4, 0.5) is 0 Å². The number of fused-ring (bicyclic) bond motifs is 2. The summed E-state index contributed by atoms with van der Waals surface area (Å²) in [5.74, 6) is 0.0495. The molecule has 128 valence electrons. The summed E-state index contributed by atoms with van der Waals surface area (Å²) in [6.45, 7) is 1.33. The zero-order valence-corrected chi connectivity index (χ0v) is 14.1. The largest absolute Gasteiger partial charge is 0.348 e. The SMILES string of the molecule is CN(Cc1n[nH]c2c1CCCCC2)C(=O)[C@H]1NCCc2[nH]cnc21. The quantitative estimate of drug-likeness (QED) is 0.740. The van der Waals surface area contributed by atoms with Crippen molar-refractivity contribution in [2.45, 2.75) is 51.1 Å². The van der Waals surface area contributed by atoms with Gasteiger partial charge in [-0.1, -0.05) is 6.42 Å². The molecule has 0 saturated carbocycles. The first-order valence-corrected chi connectivity index (χ1v) is 8.79. The van der Waals surface area contributed by atoms with Gasteiger partial charge in [0, 0.05) is 31.4 Å². The van der Waals surface area contributed by atoms with E-state index in [1.54, 1.807) is 11.2 Å². The minimum absolute atomic E-state index is 0.0495. The molecule has 1 aliphatic carbocycles. The second-order valence-corrected chi connectivity index (χ2v) is 6.79. The van der Waals surface area contributed by atoms with Crippen LogP contribution in [0.15, 0.2) is 6.33 Å². The van der Waals surface area contributed by atoms with Gasteiger partial charge < -0.3 is 15.2 Å². The molecule has 0 unspecified atom stereocenters. The molecular weight excluding hydrogens is 304 g/mol. The summed E-state index contributed by atoms with van der Waals surface area (Å²) in [4.78, 5) is 22.1. The average molecular weight is 328 g/mol. The Hall–Kier alpha value is -2.15. The maximum atomic E-state index is 12.9. The molecule has 2 aliphatic rings. The normalized spacial score (nSPS) is 20.1. The highest BCUT2D eigenvalue weighted by molar-refractivity contribution is 5.83. The number of likely N-dealkylation sites (N-methyl/N-ethyl adjacent to an activating group) is 1. The molecular formula is C17H24N6O. The number of imidazole rings is 1. The molecule has 7 nitrogen and oxygen atoms in total. The standard InChI is InChI=1S/C17H24N6O/c1-23(9-14-11-5-3-2-4-6-12(11)21-22-14)17(24)16-15-13(7-8-18-16)19-10-20-15/h10,16,18H,2-9H2,1H3,(H,19,20)(H,21,22)/t16-/m0/s1. The van der Waals surface area contributed by atoms with Crippen LogP contribution in [0, 0.1) is 0 Å².